The van der Waals surface area contributed by atoms with Crippen LogP contribution in [0.5, 0.6) is 5.75 Å². The first kappa shape index (κ1) is 17.0. The van der Waals surface area contributed by atoms with Gasteiger partial charge in [0.25, 0.3) is 0 Å². The molecule has 0 radical (unpaired) electrons. The van der Waals surface area contributed by atoms with E-state index in [4.69, 9.17) is 16.2 Å². The first-order chi connectivity index (χ1) is 11.5. The highest BCUT2D eigenvalue weighted by Gasteiger charge is 2.69. The Balaban J connectivity index is 2.02. The van der Waals surface area contributed by atoms with Crippen LogP contribution in [0.15, 0.2) is 59.5 Å². The minimum Gasteiger partial charge on any atom is -0.497 e. The maximum absolute atomic E-state index is 13.1. The average Bonchev–Trinajstić information content (AvgIpc) is 3.33. The van der Waals surface area contributed by atoms with Crippen LogP contribution in [-0.2, 0) is 9.84 Å². The maximum atomic E-state index is 13.1. The van der Waals surface area contributed by atoms with Gasteiger partial charge >= 0.3 is 0 Å². The van der Waals surface area contributed by atoms with E-state index >= 15 is 0 Å². The molecule has 1 fully saturated rings. The largest absolute Gasteiger partial charge is 0.497 e. The molecule has 0 unspecified atom stereocenters. The summed E-state index contributed by atoms with van der Waals surface area (Å²) < 4.78 is 31.4. The van der Waals surface area contributed by atoms with E-state index in [9.17, 15) is 8.42 Å². The van der Waals surface area contributed by atoms with Crippen molar-refractivity contribution >= 4 is 9.84 Å². The van der Waals surface area contributed by atoms with Crippen LogP contribution in [0.3, 0.4) is 0 Å². The van der Waals surface area contributed by atoms with Crippen LogP contribution >= 0.6 is 0 Å². The summed E-state index contributed by atoms with van der Waals surface area (Å²) in [7, 11) is -1.91. The van der Waals surface area contributed by atoms with Crippen LogP contribution in [0.1, 0.15) is 11.5 Å². The summed E-state index contributed by atoms with van der Waals surface area (Å²) in [5.74, 6) is 0.525. The van der Waals surface area contributed by atoms with Crippen molar-refractivity contribution in [3.8, 4) is 5.75 Å². The van der Waals surface area contributed by atoms with Gasteiger partial charge in [-0.15, -0.1) is 0 Å². The average molecular weight is 346 g/mol. The molecular formula is C18H22N2O3S. The number of hydrogen-bond acceptors (Lipinski definition) is 5. The molecule has 0 aromatic heterocycles. The van der Waals surface area contributed by atoms with E-state index in [-0.39, 0.29) is 19.0 Å². The van der Waals surface area contributed by atoms with Crippen LogP contribution in [0.2, 0.25) is 0 Å². The molecule has 0 heterocycles. The predicted octanol–water partition coefficient (Wildman–Crippen LogP) is 1.54. The predicted molar refractivity (Wildman–Crippen MR) is 93.7 cm³/mol. The number of ether oxygens (including phenoxy) is 1. The van der Waals surface area contributed by atoms with Gasteiger partial charge in [0, 0.05) is 24.4 Å². The first-order valence-electron chi connectivity index (χ1n) is 7.84. The number of sulfone groups is 1. The molecule has 6 heteroatoms. The third-order valence-electron chi connectivity index (χ3n) is 5.02. The number of benzene rings is 2. The summed E-state index contributed by atoms with van der Waals surface area (Å²) >= 11 is 0. The van der Waals surface area contributed by atoms with E-state index < -0.39 is 20.5 Å². The zero-order chi connectivity index (χ0) is 17.4. The molecule has 0 amide bonds. The van der Waals surface area contributed by atoms with E-state index in [0.29, 0.717) is 4.90 Å². The summed E-state index contributed by atoms with van der Waals surface area (Å²) in [5.41, 5.74) is 12.2. The van der Waals surface area contributed by atoms with Gasteiger partial charge in [0.15, 0.2) is 9.84 Å². The lowest BCUT2D eigenvalue weighted by molar-refractivity contribution is 0.414. The topological polar surface area (TPSA) is 95.4 Å². The Morgan fingerprint density at radius 1 is 1.00 bits per heavy atom. The molecule has 24 heavy (non-hydrogen) atoms. The molecule has 0 spiro atoms. The molecule has 5 nitrogen and oxygen atoms in total. The monoisotopic (exact) mass is 346 g/mol. The lowest BCUT2D eigenvalue weighted by Gasteiger charge is -2.13. The van der Waals surface area contributed by atoms with Gasteiger partial charge < -0.3 is 16.2 Å². The molecule has 1 saturated carbocycles. The van der Waals surface area contributed by atoms with Crippen LogP contribution in [0.4, 0.5) is 0 Å². The normalized spacial score (nSPS) is 22.1. The molecule has 1 aliphatic carbocycles. The van der Waals surface area contributed by atoms with E-state index in [1.165, 1.54) is 0 Å². The molecule has 2 aromatic rings. The second kappa shape index (κ2) is 6.20. The molecule has 2 aromatic carbocycles. The zero-order valence-corrected chi connectivity index (χ0v) is 14.4. The molecule has 2 atom stereocenters. The van der Waals surface area contributed by atoms with Gasteiger partial charge in [0.1, 0.15) is 5.75 Å². The van der Waals surface area contributed by atoms with Gasteiger partial charge in [-0.2, -0.15) is 0 Å². The fourth-order valence-electron chi connectivity index (χ4n) is 3.59. The third kappa shape index (κ3) is 2.51. The SMILES string of the molecule is COc1ccc([C@@H]2[C@H](S(=O)(=O)c3ccccc3)C2(CN)CN)cc1. The lowest BCUT2D eigenvalue weighted by Crippen LogP contribution is -2.31. The molecule has 0 bridgehead atoms. The number of methoxy groups -OCH3 is 1. The minimum atomic E-state index is -3.50. The molecule has 4 N–H and O–H groups in total. The first-order valence-corrected chi connectivity index (χ1v) is 9.39. The summed E-state index contributed by atoms with van der Waals surface area (Å²) in [6.07, 6.45) is 0. The standard InChI is InChI=1S/C18H22N2O3S/c1-23-14-9-7-13(8-10-14)16-17(18(16,11-19)12-20)24(21,22)15-5-3-2-4-6-15/h2-10,16-17H,11-12,19-20H2,1H3/t16-,17+/m1/s1. The van der Waals surface area contributed by atoms with Gasteiger partial charge in [-0.25, -0.2) is 8.42 Å². The number of rotatable bonds is 6. The van der Waals surface area contributed by atoms with Gasteiger partial charge in [-0.05, 0) is 29.8 Å². The second-order valence-corrected chi connectivity index (χ2v) is 8.24. The van der Waals surface area contributed by atoms with E-state index in [2.05, 4.69) is 0 Å². The quantitative estimate of drug-likeness (QED) is 0.827. The van der Waals surface area contributed by atoms with Gasteiger partial charge in [0.05, 0.1) is 17.3 Å². The van der Waals surface area contributed by atoms with Crippen molar-refractivity contribution in [3.05, 3.63) is 60.2 Å². The maximum Gasteiger partial charge on any atom is 0.182 e. The molecular weight excluding hydrogens is 324 g/mol. The summed E-state index contributed by atoms with van der Waals surface area (Å²) in [6.45, 7) is 0.466. The highest BCUT2D eigenvalue weighted by molar-refractivity contribution is 7.92. The summed E-state index contributed by atoms with van der Waals surface area (Å²) in [5, 5.41) is -0.601. The minimum absolute atomic E-state index is 0.205. The van der Waals surface area contributed by atoms with Crippen molar-refractivity contribution in [2.45, 2.75) is 16.1 Å². The molecule has 3 rings (SSSR count). The summed E-state index contributed by atoms with van der Waals surface area (Å²) in [6, 6.07) is 15.9. The fraction of sp³-hybridized carbons (Fsp3) is 0.333. The van der Waals surface area contributed by atoms with Gasteiger partial charge in [-0.1, -0.05) is 30.3 Å². The second-order valence-electron chi connectivity index (χ2n) is 6.17. The Morgan fingerprint density at radius 3 is 2.08 bits per heavy atom. The van der Waals surface area contributed by atoms with E-state index in [1.807, 2.05) is 24.3 Å². The Bertz CT molecular complexity index is 800. The molecule has 1 aliphatic rings. The Morgan fingerprint density at radius 2 is 1.58 bits per heavy atom. The van der Waals surface area contributed by atoms with E-state index in [0.717, 1.165) is 11.3 Å². The Labute approximate surface area is 142 Å². The zero-order valence-electron chi connectivity index (χ0n) is 13.6. The Hall–Kier alpha value is -1.89. The smallest absolute Gasteiger partial charge is 0.182 e. The van der Waals surface area contributed by atoms with Crippen molar-refractivity contribution < 1.29 is 13.2 Å². The molecule has 0 aliphatic heterocycles. The van der Waals surface area contributed by atoms with Crippen LogP contribution in [0, 0.1) is 5.41 Å². The number of hydrogen-bond donors (Lipinski definition) is 2. The van der Waals surface area contributed by atoms with E-state index in [1.54, 1.807) is 37.4 Å². The van der Waals surface area contributed by atoms with Crippen LogP contribution in [-0.4, -0.2) is 33.9 Å². The van der Waals surface area contributed by atoms with Crippen molar-refractivity contribution in [2.75, 3.05) is 20.2 Å². The third-order valence-corrected chi connectivity index (χ3v) is 7.36. The number of nitrogens with two attached hydrogens (primary N) is 2. The molecule has 0 saturated heterocycles. The van der Waals surface area contributed by atoms with Gasteiger partial charge in [-0.3, -0.25) is 0 Å². The Kier molecular flexibility index (Phi) is 4.38. The van der Waals surface area contributed by atoms with Crippen molar-refractivity contribution in [1.82, 2.24) is 0 Å². The van der Waals surface area contributed by atoms with Crippen molar-refractivity contribution in [2.24, 2.45) is 16.9 Å². The van der Waals surface area contributed by atoms with Gasteiger partial charge in [0.2, 0.25) is 0 Å². The van der Waals surface area contributed by atoms with Crippen LogP contribution < -0.4 is 16.2 Å². The van der Waals surface area contributed by atoms with Crippen LogP contribution in [0.25, 0.3) is 0 Å². The highest BCUT2D eigenvalue weighted by Crippen LogP contribution is 2.63. The molecule has 128 valence electrons. The van der Waals surface area contributed by atoms with Crippen molar-refractivity contribution in [3.63, 3.8) is 0 Å². The highest BCUT2D eigenvalue weighted by atomic mass is 32.2. The summed E-state index contributed by atoms with van der Waals surface area (Å²) in [4.78, 5) is 0.317. The fourth-order valence-corrected chi connectivity index (χ4v) is 6.08. The van der Waals surface area contributed by atoms with Crippen molar-refractivity contribution in [1.29, 1.82) is 0 Å². The lowest BCUT2D eigenvalue weighted by atomic mass is 9.99.